The van der Waals surface area contributed by atoms with Crippen molar-refractivity contribution in [1.29, 1.82) is 0 Å². The first-order chi connectivity index (χ1) is 17.0. The molecule has 5 rings (SSSR count). The predicted octanol–water partition coefficient (Wildman–Crippen LogP) is 4.75. The zero-order chi connectivity index (χ0) is 24.5. The summed E-state index contributed by atoms with van der Waals surface area (Å²) in [5, 5.41) is 4.47. The quantitative estimate of drug-likeness (QED) is 0.529. The van der Waals surface area contributed by atoms with Crippen LogP contribution in [0, 0.1) is 12.8 Å². The molecule has 10 heteroatoms. The number of carbonyl (C=O) groups is 2. The van der Waals surface area contributed by atoms with Crippen molar-refractivity contribution in [3.63, 3.8) is 0 Å². The Balaban J connectivity index is 1.37. The summed E-state index contributed by atoms with van der Waals surface area (Å²) in [6.45, 7) is 4.87. The summed E-state index contributed by atoms with van der Waals surface area (Å²) in [5.41, 5.74) is 3.00. The van der Waals surface area contributed by atoms with Gasteiger partial charge in [-0.05, 0) is 62.3 Å². The van der Waals surface area contributed by atoms with E-state index < -0.39 is 0 Å². The van der Waals surface area contributed by atoms with Crippen molar-refractivity contribution in [2.75, 3.05) is 43.5 Å². The van der Waals surface area contributed by atoms with E-state index in [0.717, 1.165) is 47.5 Å². The van der Waals surface area contributed by atoms with Crippen LogP contribution in [0.15, 0.2) is 24.4 Å². The lowest BCUT2D eigenvalue weighted by atomic mass is 9.94. The van der Waals surface area contributed by atoms with Gasteiger partial charge in [0, 0.05) is 43.3 Å². The number of pyridine rings is 1. The average molecular weight is 514 g/mol. The Kier molecular flexibility index (Phi) is 6.80. The molecule has 0 radical (unpaired) electrons. The molecule has 0 unspecified atom stereocenters. The number of nitrogens with zero attached hydrogens (tertiary/aromatic N) is 4. The molecule has 0 spiro atoms. The lowest BCUT2D eigenvalue weighted by molar-refractivity contribution is -0.120. The number of rotatable bonds is 5. The lowest BCUT2D eigenvalue weighted by Gasteiger charge is -2.35. The normalized spacial score (nSPS) is 16.7. The van der Waals surface area contributed by atoms with Crippen LogP contribution in [0.2, 0.25) is 5.02 Å². The number of hydrogen-bond donors (Lipinski definition) is 1. The van der Waals surface area contributed by atoms with Crippen molar-refractivity contribution in [2.45, 2.75) is 32.6 Å². The minimum atomic E-state index is -0.147. The molecule has 0 bridgehead atoms. The van der Waals surface area contributed by atoms with Crippen LogP contribution in [0.5, 0.6) is 5.75 Å². The van der Waals surface area contributed by atoms with Gasteiger partial charge >= 0.3 is 0 Å². The van der Waals surface area contributed by atoms with Crippen LogP contribution in [-0.2, 0) is 4.79 Å². The van der Waals surface area contributed by atoms with E-state index in [0.29, 0.717) is 48.0 Å². The van der Waals surface area contributed by atoms with Gasteiger partial charge in [-0.1, -0.05) is 11.6 Å². The second-order valence-corrected chi connectivity index (χ2v) is 10.3. The molecule has 2 aliphatic rings. The molecule has 2 amide bonds. The maximum atomic E-state index is 13.4. The summed E-state index contributed by atoms with van der Waals surface area (Å²) in [4.78, 5) is 36.0. The van der Waals surface area contributed by atoms with Gasteiger partial charge in [0.2, 0.25) is 5.91 Å². The van der Waals surface area contributed by atoms with Gasteiger partial charge in [0.1, 0.15) is 10.6 Å². The number of anilines is 2. The Labute approximate surface area is 213 Å². The minimum Gasteiger partial charge on any atom is -0.495 e. The summed E-state index contributed by atoms with van der Waals surface area (Å²) in [5.74, 6) is 0.411. The van der Waals surface area contributed by atoms with Crippen molar-refractivity contribution in [3.05, 3.63) is 40.7 Å². The van der Waals surface area contributed by atoms with E-state index in [2.05, 4.69) is 19.6 Å². The Morgan fingerprint density at radius 2 is 1.91 bits per heavy atom. The molecular formula is C25H28ClN5O3S. The Bertz CT molecular complexity index is 1270. The standard InChI is InChI=1S/C25H28ClN5O3S/c1-15-21-22(18(14-27-24(21)35-29-15)25(33)31-9-3-4-10-31)30-11-7-16(8-12-30)23(32)28-19-13-17(26)5-6-20(19)34-2/h5-6,13-14,16H,3-4,7-12H2,1-2H3,(H,28,32). The van der Waals surface area contributed by atoms with E-state index in [1.54, 1.807) is 31.5 Å². The third-order valence-corrected chi connectivity index (χ3v) is 7.96. The molecule has 184 valence electrons. The maximum absolute atomic E-state index is 13.4. The number of hydrogen-bond acceptors (Lipinski definition) is 7. The number of ether oxygens (including phenoxy) is 1. The molecule has 35 heavy (non-hydrogen) atoms. The molecule has 2 aromatic heterocycles. The highest BCUT2D eigenvalue weighted by Gasteiger charge is 2.31. The van der Waals surface area contributed by atoms with E-state index in [-0.39, 0.29) is 17.7 Å². The molecule has 2 aliphatic heterocycles. The van der Waals surface area contributed by atoms with Crippen molar-refractivity contribution in [3.8, 4) is 5.75 Å². The monoisotopic (exact) mass is 513 g/mol. The fraction of sp³-hybridized carbons (Fsp3) is 0.440. The van der Waals surface area contributed by atoms with Crippen molar-refractivity contribution < 1.29 is 14.3 Å². The number of methoxy groups -OCH3 is 1. The van der Waals surface area contributed by atoms with Gasteiger partial charge in [0.05, 0.1) is 35.1 Å². The fourth-order valence-corrected chi connectivity index (χ4v) is 5.91. The van der Waals surface area contributed by atoms with Gasteiger partial charge < -0.3 is 19.9 Å². The number of piperidine rings is 1. The first-order valence-electron chi connectivity index (χ1n) is 11.9. The molecule has 2 saturated heterocycles. The number of aryl methyl sites for hydroxylation is 1. The Morgan fingerprint density at radius 3 is 2.63 bits per heavy atom. The summed E-state index contributed by atoms with van der Waals surface area (Å²) >= 11 is 7.47. The van der Waals surface area contributed by atoms with Crippen molar-refractivity contribution in [2.24, 2.45) is 5.92 Å². The average Bonchev–Trinajstić information content (AvgIpc) is 3.54. The van der Waals surface area contributed by atoms with E-state index in [9.17, 15) is 9.59 Å². The second-order valence-electron chi connectivity index (χ2n) is 9.06. The molecule has 0 saturated carbocycles. The SMILES string of the molecule is COc1ccc(Cl)cc1NC(=O)C1CCN(c2c(C(=O)N3CCCC3)cnc3snc(C)c23)CC1. The van der Waals surface area contributed by atoms with E-state index >= 15 is 0 Å². The van der Waals surface area contributed by atoms with Crippen LogP contribution in [0.4, 0.5) is 11.4 Å². The first kappa shape index (κ1) is 23.8. The van der Waals surface area contributed by atoms with Gasteiger partial charge in [-0.15, -0.1) is 0 Å². The Morgan fingerprint density at radius 1 is 1.17 bits per heavy atom. The highest BCUT2D eigenvalue weighted by Crippen LogP contribution is 2.37. The van der Waals surface area contributed by atoms with Crippen LogP contribution >= 0.6 is 23.1 Å². The summed E-state index contributed by atoms with van der Waals surface area (Å²) < 4.78 is 9.86. The number of carbonyl (C=O) groups excluding carboxylic acids is 2. The zero-order valence-corrected chi connectivity index (χ0v) is 21.4. The summed E-state index contributed by atoms with van der Waals surface area (Å²) in [6.07, 6.45) is 5.13. The van der Waals surface area contributed by atoms with Crippen LogP contribution in [0.3, 0.4) is 0 Å². The highest BCUT2D eigenvalue weighted by molar-refractivity contribution is 7.13. The molecule has 3 aromatic rings. The van der Waals surface area contributed by atoms with Crippen molar-refractivity contribution >= 4 is 56.5 Å². The topological polar surface area (TPSA) is 87.7 Å². The number of likely N-dealkylation sites (tertiary alicyclic amines) is 1. The van der Waals surface area contributed by atoms with E-state index in [1.165, 1.54) is 11.5 Å². The molecule has 8 nitrogen and oxygen atoms in total. The molecule has 2 fully saturated rings. The van der Waals surface area contributed by atoms with Gasteiger partial charge in [0.25, 0.3) is 5.91 Å². The first-order valence-corrected chi connectivity index (χ1v) is 13.0. The maximum Gasteiger partial charge on any atom is 0.257 e. The van der Waals surface area contributed by atoms with Crippen LogP contribution in [0.25, 0.3) is 10.2 Å². The van der Waals surface area contributed by atoms with Crippen LogP contribution in [-0.4, -0.2) is 59.4 Å². The second kappa shape index (κ2) is 9.99. The smallest absolute Gasteiger partial charge is 0.257 e. The molecule has 0 aliphatic carbocycles. The third kappa shape index (κ3) is 4.67. The largest absolute Gasteiger partial charge is 0.495 e. The van der Waals surface area contributed by atoms with E-state index in [4.69, 9.17) is 16.3 Å². The number of nitrogens with one attached hydrogen (secondary N) is 1. The fourth-order valence-electron chi connectivity index (χ4n) is 4.99. The van der Waals surface area contributed by atoms with Crippen molar-refractivity contribution in [1.82, 2.24) is 14.3 Å². The number of aromatic nitrogens is 2. The van der Waals surface area contributed by atoms with Gasteiger partial charge in [-0.3, -0.25) is 9.59 Å². The molecular weight excluding hydrogens is 486 g/mol. The molecule has 1 N–H and O–H groups in total. The minimum absolute atomic E-state index is 0.0328. The highest BCUT2D eigenvalue weighted by atomic mass is 35.5. The molecule has 0 atom stereocenters. The molecule has 4 heterocycles. The summed E-state index contributed by atoms with van der Waals surface area (Å²) in [7, 11) is 1.56. The van der Waals surface area contributed by atoms with Gasteiger partial charge in [0.15, 0.2) is 0 Å². The van der Waals surface area contributed by atoms with Crippen LogP contribution < -0.4 is 15.0 Å². The summed E-state index contributed by atoms with van der Waals surface area (Å²) in [6, 6.07) is 5.17. The lowest BCUT2D eigenvalue weighted by Crippen LogP contribution is -2.39. The van der Waals surface area contributed by atoms with Gasteiger partial charge in [-0.25, -0.2) is 4.98 Å². The molecule has 1 aromatic carbocycles. The third-order valence-electron chi connectivity index (χ3n) is 6.87. The number of benzene rings is 1. The Hall–Kier alpha value is -2.91. The van der Waals surface area contributed by atoms with E-state index in [1.807, 2.05) is 11.8 Å². The zero-order valence-electron chi connectivity index (χ0n) is 19.8. The predicted molar refractivity (Wildman–Crippen MR) is 139 cm³/mol. The number of fused-ring (bicyclic) bond motifs is 1. The van der Waals surface area contributed by atoms with Crippen LogP contribution in [0.1, 0.15) is 41.7 Å². The number of amides is 2. The van der Waals surface area contributed by atoms with Gasteiger partial charge in [-0.2, -0.15) is 4.37 Å². The number of halogens is 1.